The molecule has 5 heteroatoms. The van der Waals surface area contributed by atoms with Crippen molar-refractivity contribution in [2.75, 3.05) is 24.1 Å². The van der Waals surface area contributed by atoms with E-state index in [0.29, 0.717) is 18.2 Å². The summed E-state index contributed by atoms with van der Waals surface area (Å²) in [5.41, 5.74) is 6.35. The van der Waals surface area contributed by atoms with E-state index < -0.39 is 0 Å². The molecule has 0 bridgehead atoms. The van der Waals surface area contributed by atoms with Crippen LogP contribution >= 0.6 is 0 Å². The third kappa shape index (κ3) is 4.92. The Kier molecular flexibility index (Phi) is 4.70. The van der Waals surface area contributed by atoms with E-state index in [1.54, 1.807) is 6.20 Å². The number of rotatable bonds is 3. The molecule has 21 heavy (non-hydrogen) atoms. The Morgan fingerprint density at radius 1 is 1.38 bits per heavy atom. The number of amides is 1. The predicted molar refractivity (Wildman–Crippen MR) is 85.9 cm³/mol. The van der Waals surface area contributed by atoms with Crippen molar-refractivity contribution in [1.29, 1.82) is 0 Å². The molecule has 5 nitrogen and oxygen atoms in total. The van der Waals surface area contributed by atoms with Crippen LogP contribution < -0.4 is 11.1 Å². The Labute approximate surface area is 126 Å². The summed E-state index contributed by atoms with van der Waals surface area (Å²) >= 11 is 0. The van der Waals surface area contributed by atoms with Crippen LogP contribution in [0.3, 0.4) is 0 Å². The summed E-state index contributed by atoms with van der Waals surface area (Å²) in [5.74, 6) is 1.12. The van der Waals surface area contributed by atoms with Crippen LogP contribution in [-0.2, 0) is 4.79 Å². The third-order valence-corrected chi connectivity index (χ3v) is 3.67. The van der Waals surface area contributed by atoms with Crippen LogP contribution in [0.25, 0.3) is 0 Å². The van der Waals surface area contributed by atoms with E-state index in [-0.39, 0.29) is 11.3 Å². The number of nitrogen functional groups attached to an aromatic ring is 1. The molecular formula is C16H26N4O. The smallest absolute Gasteiger partial charge is 0.223 e. The lowest BCUT2D eigenvalue weighted by Gasteiger charge is -2.34. The first-order chi connectivity index (χ1) is 9.83. The number of nitrogens with one attached hydrogen (secondary N) is 1. The van der Waals surface area contributed by atoms with Crippen LogP contribution in [0.5, 0.6) is 0 Å². The van der Waals surface area contributed by atoms with E-state index in [1.165, 1.54) is 0 Å². The molecule has 116 valence electrons. The van der Waals surface area contributed by atoms with Crippen molar-refractivity contribution in [3.8, 4) is 0 Å². The zero-order valence-corrected chi connectivity index (χ0v) is 13.2. The van der Waals surface area contributed by atoms with Crippen molar-refractivity contribution < 1.29 is 4.79 Å². The van der Waals surface area contributed by atoms with Crippen molar-refractivity contribution in [3.05, 3.63) is 18.3 Å². The lowest BCUT2D eigenvalue weighted by atomic mass is 9.91. The molecule has 0 saturated carbocycles. The number of anilines is 2. The van der Waals surface area contributed by atoms with E-state index in [0.717, 1.165) is 31.7 Å². The quantitative estimate of drug-likeness (QED) is 0.897. The highest BCUT2D eigenvalue weighted by atomic mass is 16.2. The summed E-state index contributed by atoms with van der Waals surface area (Å²) in [4.78, 5) is 18.4. The van der Waals surface area contributed by atoms with Gasteiger partial charge in [0.25, 0.3) is 0 Å². The molecule has 0 aromatic carbocycles. The van der Waals surface area contributed by atoms with Crippen LogP contribution in [0.4, 0.5) is 11.5 Å². The molecule has 1 aromatic heterocycles. The van der Waals surface area contributed by atoms with Gasteiger partial charge in [-0.25, -0.2) is 4.98 Å². The molecule has 3 N–H and O–H groups in total. The van der Waals surface area contributed by atoms with Gasteiger partial charge in [0.1, 0.15) is 5.82 Å². The molecule has 2 heterocycles. The minimum atomic E-state index is 0.0556. The zero-order valence-electron chi connectivity index (χ0n) is 13.2. The van der Waals surface area contributed by atoms with E-state index in [1.807, 2.05) is 17.0 Å². The summed E-state index contributed by atoms with van der Waals surface area (Å²) in [6.07, 6.45) is 4.19. The number of nitrogens with zero attached hydrogens (tertiary/aromatic N) is 2. The van der Waals surface area contributed by atoms with Gasteiger partial charge in [0.2, 0.25) is 5.91 Å². The monoisotopic (exact) mass is 290 g/mol. The number of carbonyl (C=O) groups excluding carboxylic acids is 1. The van der Waals surface area contributed by atoms with Crippen LogP contribution in [0.2, 0.25) is 0 Å². The van der Waals surface area contributed by atoms with Crippen molar-refractivity contribution >= 4 is 17.4 Å². The third-order valence-electron chi connectivity index (χ3n) is 3.67. The maximum atomic E-state index is 12.2. The Hall–Kier alpha value is -1.78. The van der Waals surface area contributed by atoms with Gasteiger partial charge in [0, 0.05) is 25.6 Å². The van der Waals surface area contributed by atoms with Crippen molar-refractivity contribution in [2.24, 2.45) is 5.41 Å². The van der Waals surface area contributed by atoms with Gasteiger partial charge in [-0.1, -0.05) is 20.8 Å². The first-order valence-corrected chi connectivity index (χ1v) is 7.59. The number of aromatic nitrogens is 1. The number of piperidine rings is 1. The molecule has 1 fully saturated rings. The number of nitrogens with two attached hydrogens (primary N) is 1. The van der Waals surface area contributed by atoms with Gasteiger partial charge in [0.15, 0.2) is 0 Å². The topological polar surface area (TPSA) is 71.2 Å². The summed E-state index contributed by atoms with van der Waals surface area (Å²) in [6.45, 7) is 7.95. The van der Waals surface area contributed by atoms with Crippen LogP contribution in [-0.4, -0.2) is 34.9 Å². The number of pyridine rings is 1. The lowest BCUT2D eigenvalue weighted by Crippen LogP contribution is -2.43. The van der Waals surface area contributed by atoms with Gasteiger partial charge in [-0.2, -0.15) is 0 Å². The molecule has 0 aliphatic carbocycles. The zero-order chi connectivity index (χ0) is 15.5. The van der Waals surface area contributed by atoms with Crippen LogP contribution in [0.15, 0.2) is 18.3 Å². The maximum Gasteiger partial charge on any atom is 0.223 e. The van der Waals surface area contributed by atoms with Gasteiger partial charge in [-0.3, -0.25) is 4.79 Å². The fourth-order valence-corrected chi connectivity index (χ4v) is 2.54. The van der Waals surface area contributed by atoms with E-state index >= 15 is 0 Å². The van der Waals surface area contributed by atoms with Crippen molar-refractivity contribution in [1.82, 2.24) is 9.88 Å². The largest absolute Gasteiger partial charge is 0.397 e. The molecule has 0 unspecified atom stereocenters. The Bertz CT molecular complexity index is 470. The maximum absolute atomic E-state index is 12.2. The molecule has 1 aromatic rings. The summed E-state index contributed by atoms with van der Waals surface area (Å²) in [5, 5.41) is 3.41. The van der Waals surface area contributed by atoms with E-state index in [2.05, 4.69) is 31.1 Å². The summed E-state index contributed by atoms with van der Waals surface area (Å²) in [6, 6.07) is 4.11. The first kappa shape index (κ1) is 15.6. The molecule has 0 radical (unpaired) electrons. The van der Waals surface area contributed by atoms with Gasteiger partial charge in [0.05, 0.1) is 11.9 Å². The van der Waals surface area contributed by atoms with Gasteiger partial charge in [-0.15, -0.1) is 0 Å². The number of carbonyl (C=O) groups is 1. The van der Waals surface area contributed by atoms with Crippen molar-refractivity contribution in [3.63, 3.8) is 0 Å². The van der Waals surface area contributed by atoms with Gasteiger partial charge < -0.3 is 16.0 Å². The van der Waals surface area contributed by atoms with E-state index in [9.17, 15) is 4.79 Å². The number of hydrogen-bond acceptors (Lipinski definition) is 4. The molecule has 1 aliphatic rings. The predicted octanol–water partition coefficient (Wildman–Crippen LogP) is 2.50. The normalized spacial score (nSPS) is 16.8. The number of likely N-dealkylation sites (tertiary alicyclic amines) is 1. The SMILES string of the molecule is CC(C)(C)CC(=O)N1CCC(Nc2ccc(N)cn2)CC1. The second-order valence-electron chi connectivity index (χ2n) is 7.01. The summed E-state index contributed by atoms with van der Waals surface area (Å²) in [7, 11) is 0. The van der Waals surface area contributed by atoms with Crippen LogP contribution in [0, 0.1) is 5.41 Å². The molecular weight excluding hydrogens is 264 g/mol. The van der Waals surface area contributed by atoms with Gasteiger partial charge >= 0.3 is 0 Å². The highest BCUT2D eigenvalue weighted by Gasteiger charge is 2.25. The fourth-order valence-electron chi connectivity index (χ4n) is 2.54. The highest BCUT2D eigenvalue weighted by molar-refractivity contribution is 5.76. The molecule has 0 spiro atoms. The molecule has 1 saturated heterocycles. The molecule has 1 aliphatic heterocycles. The second kappa shape index (κ2) is 6.33. The van der Waals surface area contributed by atoms with Gasteiger partial charge in [-0.05, 0) is 30.4 Å². The second-order valence-corrected chi connectivity index (χ2v) is 7.01. The van der Waals surface area contributed by atoms with E-state index in [4.69, 9.17) is 5.73 Å². The van der Waals surface area contributed by atoms with Crippen molar-refractivity contribution in [2.45, 2.75) is 46.1 Å². The fraction of sp³-hybridized carbons (Fsp3) is 0.625. The number of hydrogen-bond donors (Lipinski definition) is 2. The Balaban J connectivity index is 1.80. The minimum absolute atomic E-state index is 0.0556. The average Bonchev–Trinajstić information content (AvgIpc) is 2.40. The lowest BCUT2D eigenvalue weighted by molar-refractivity contribution is -0.134. The average molecular weight is 290 g/mol. The first-order valence-electron chi connectivity index (χ1n) is 7.59. The molecule has 2 rings (SSSR count). The highest BCUT2D eigenvalue weighted by Crippen LogP contribution is 2.22. The van der Waals surface area contributed by atoms with Crippen LogP contribution in [0.1, 0.15) is 40.0 Å². The Morgan fingerprint density at radius 2 is 2.05 bits per heavy atom. The minimum Gasteiger partial charge on any atom is -0.397 e. The standard InChI is InChI=1S/C16H26N4O/c1-16(2,3)10-15(21)20-8-6-13(7-9-20)19-14-5-4-12(17)11-18-14/h4-5,11,13H,6-10,17H2,1-3H3,(H,18,19). The molecule has 0 atom stereocenters. The Morgan fingerprint density at radius 3 is 2.57 bits per heavy atom. The summed E-state index contributed by atoms with van der Waals surface area (Å²) < 4.78 is 0. The molecule has 1 amide bonds.